The zero-order valence-corrected chi connectivity index (χ0v) is 13.2. The largest absolute Gasteiger partial charge is 0.436 e. The van der Waals surface area contributed by atoms with Crippen molar-refractivity contribution in [3.8, 4) is 0 Å². The lowest BCUT2D eigenvalue weighted by Gasteiger charge is -2.31. The Morgan fingerprint density at radius 1 is 1.23 bits per heavy atom. The Morgan fingerprint density at radius 2 is 1.91 bits per heavy atom. The fourth-order valence-corrected chi connectivity index (χ4v) is 3.16. The molecule has 1 aliphatic rings. The molecule has 2 aromatic rings. The predicted molar refractivity (Wildman–Crippen MR) is 84.8 cm³/mol. The number of piperidine rings is 1. The Morgan fingerprint density at radius 3 is 2.50 bits per heavy atom. The summed E-state index contributed by atoms with van der Waals surface area (Å²) < 4.78 is 5.45. The predicted octanol–water partition coefficient (Wildman–Crippen LogP) is 3.39. The van der Waals surface area contributed by atoms with E-state index in [4.69, 9.17) is 4.42 Å². The SMILES string of the molecule is Cc1nc(C)c(C(=O)N2CCC(Cc3ccccc3)CC2)o1. The first kappa shape index (κ1) is 14.8. The van der Waals surface area contributed by atoms with Gasteiger partial charge in [0.1, 0.15) is 0 Å². The Hall–Kier alpha value is -2.10. The number of likely N-dealkylation sites (tertiary alicyclic amines) is 1. The summed E-state index contributed by atoms with van der Waals surface area (Å²) in [5, 5.41) is 0. The van der Waals surface area contributed by atoms with Gasteiger partial charge in [0.25, 0.3) is 5.91 Å². The van der Waals surface area contributed by atoms with Gasteiger partial charge in [0.15, 0.2) is 5.89 Å². The smallest absolute Gasteiger partial charge is 0.291 e. The number of aryl methyl sites for hydroxylation is 2. The minimum Gasteiger partial charge on any atom is -0.436 e. The quantitative estimate of drug-likeness (QED) is 0.872. The normalized spacial score (nSPS) is 16.0. The molecule has 0 spiro atoms. The average molecular weight is 298 g/mol. The summed E-state index contributed by atoms with van der Waals surface area (Å²) in [6.07, 6.45) is 3.20. The number of nitrogens with zero attached hydrogens (tertiary/aromatic N) is 2. The van der Waals surface area contributed by atoms with E-state index in [9.17, 15) is 4.79 Å². The van der Waals surface area contributed by atoms with E-state index in [0.29, 0.717) is 23.3 Å². The molecule has 116 valence electrons. The van der Waals surface area contributed by atoms with Crippen LogP contribution in [0.15, 0.2) is 34.7 Å². The van der Waals surface area contributed by atoms with E-state index in [1.54, 1.807) is 6.92 Å². The van der Waals surface area contributed by atoms with Crippen LogP contribution in [-0.4, -0.2) is 28.9 Å². The highest BCUT2D eigenvalue weighted by molar-refractivity contribution is 5.92. The van der Waals surface area contributed by atoms with Crippen LogP contribution in [0.25, 0.3) is 0 Å². The zero-order chi connectivity index (χ0) is 15.5. The van der Waals surface area contributed by atoms with Gasteiger partial charge in [0.05, 0.1) is 5.69 Å². The van der Waals surface area contributed by atoms with Crippen LogP contribution in [0, 0.1) is 19.8 Å². The molecular formula is C18H22N2O2. The van der Waals surface area contributed by atoms with E-state index in [2.05, 4.69) is 29.2 Å². The summed E-state index contributed by atoms with van der Waals surface area (Å²) in [5.74, 6) is 1.60. The molecular weight excluding hydrogens is 276 g/mol. The molecule has 1 saturated heterocycles. The van der Waals surface area contributed by atoms with Gasteiger partial charge in [-0.25, -0.2) is 4.98 Å². The van der Waals surface area contributed by atoms with Crippen LogP contribution in [0.5, 0.6) is 0 Å². The molecule has 4 nitrogen and oxygen atoms in total. The van der Waals surface area contributed by atoms with Gasteiger partial charge in [-0.3, -0.25) is 4.79 Å². The lowest BCUT2D eigenvalue weighted by atomic mass is 9.90. The first-order valence-corrected chi connectivity index (χ1v) is 7.90. The molecule has 0 radical (unpaired) electrons. The minimum atomic E-state index is -0.0174. The zero-order valence-electron chi connectivity index (χ0n) is 13.2. The number of aromatic nitrogens is 1. The van der Waals surface area contributed by atoms with Crippen molar-refractivity contribution in [2.75, 3.05) is 13.1 Å². The van der Waals surface area contributed by atoms with Crippen molar-refractivity contribution < 1.29 is 9.21 Å². The molecule has 4 heteroatoms. The maximum absolute atomic E-state index is 12.5. The number of hydrogen-bond donors (Lipinski definition) is 0. The molecule has 0 bridgehead atoms. The van der Waals surface area contributed by atoms with Crippen molar-refractivity contribution in [2.24, 2.45) is 5.92 Å². The second-order valence-electron chi connectivity index (χ2n) is 6.07. The Balaban J connectivity index is 1.57. The van der Waals surface area contributed by atoms with Gasteiger partial charge in [-0.15, -0.1) is 0 Å². The third-order valence-corrected chi connectivity index (χ3v) is 4.37. The highest BCUT2D eigenvalue weighted by atomic mass is 16.4. The molecule has 2 heterocycles. The summed E-state index contributed by atoms with van der Waals surface area (Å²) in [4.78, 5) is 18.6. The Labute approximate surface area is 131 Å². The molecule has 1 aromatic carbocycles. The summed E-state index contributed by atoms with van der Waals surface area (Å²) in [6.45, 7) is 5.20. The first-order chi connectivity index (χ1) is 10.6. The third-order valence-electron chi connectivity index (χ3n) is 4.37. The van der Waals surface area contributed by atoms with Gasteiger partial charge in [-0.05, 0) is 37.7 Å². The van der Waals surface area contributed by atoms with Crippen LogP contribution in [0.2, 0.25) is 0 Å². The van der Waals surface area contributed by atoms with Crippen LogP contribution in [0.4, 0.5) is 0 Å². The fraction of sp³-hybridized carbons (Fsp3) is 0.444. The van der Waals surface area contributed by atoms with Crippen molar-refractivity contribution in [3.05, 3.63) is 53.2 Å². The number of rotatable bonds is 3. The number of benzene rings is 1. The number of amides is 1. The van der Waals surface area contributed by atoms with Gasteiger partial charge in [-0.1, -0.05) is 30.3 Å². The monoisotopic (exact) mass is 298 g/mol. The average Bonchev–Trinajstić information content (AvgIpc) is 2.87. The van der Waals surface area contributed by atoms with Crippen molar-refractivity contribution in [2.45, 2.75) is 33.1 Å². The van der Waals surface area contributed by atoms with E-state index in [1.165, 1.54) is 5.56 Å². The van der Waals surface area contributed by atoms with E-state index < -0.39 is 0 Å². The van der Waals surface area contributed by atoms with Crippen molar-refractivity contribution in [1.29, 1.82) is 0 Å². The van der Waals surface area contributed by atoms with Crippen LogP contribution in [0.3, 0.4) is 0 Å². The molecule has 0 saturated carbocycles. The molecule has 1 aromatic heterocycles. The van der Waals surface area contributed by atoms with Crippen LogP contribution < -0.4 is 0 Å². The van der Waals surface area contributed by atoms with Crippen molar-refractivity contribution in [1.82, 2.24) is 9.88 Å². The van der Waals surface area contributed by atoms with Gasteiger partial charge in [-0.2, -0.15) is 0 Å². The lowest BCUT2D eigenvalue weighted by Crippen LogP contribution is -2.39. The molecule has 1 fully saturated rings. The van der Waals surface area contributed by atoms with E-state index in [1.807, 2.05) is 17.9 Å². The summed E-state index contributed by atoms with van der Waals surface area (Å²) in [5.41, 5.74) is 2.07. The second kappa shape index (κ2) is 6.34. The number of carbonyl (C=O) groups excluding carboxylic acids is 1. The molecule has 1 amide bonds. The van der Waals surface area contributed by atoms with Crippen LogP contribution >= 0.6 is 0 Å². The second-order valence-corrected chi connectivity index (χ2v) is 6.07. The lowest BCUT2D eigenvalue weighted by molar-refractivity contribution is 0.0656. The van der Waals surface area contributed by atoms with E-state index in [-0.39, 0.29) is 5.91 Å². The van der Waals surface area contributed by atoms with Gasteiger partial charge in [0, 0.05) is 20.0 Å². The molecule has 0 aliphatic carbocycles. The van der Waals surface area contributed by atoms with E-state index in [0.717, 1.165) is 32.4 Å². The topological polar surface area (TPSA) is 46.3 Å². The Bertz CT molecular complexity index is 640. The molecule has 0 unspecified atom stereocenters. The maximum atomic E-state index is 12.5. The van der Waals surface area contributed by atoms with Gasteiger partial charge >= 0.3 is 0 Å². The van der Waals surface area contributed by atoms with Crippen LogP contribution in [-0.2, 0) is 6.42 Å². The fourth-order valence-electron chi connectivity index (χ4n) is 3.16. The summed E-state index contributed by atoms with van der Waals surface area (Å²) >= 11 is 0. The molecule has 0 N–H and O–H groups in total. The third kappa shape index (κ3) is 3.21. The standard InChI is InChI=1S/C18H22N2O2/c1-13-17(22-14(2)19-13)18(21)20-10-8-16(9-11-20)12-15-6-4-3-5-7-15/h3-7,16H,8-12H2,1-2H3. The Kier molecular flexibility index (Phi) is 4.27. The minimum absolute atomic E-state index is 0.0174. The maximum Gasteiger partial charge on any atom is 0.291 e. The van der Waals surface area contributed by atoms with Gasteiger partial charge in [0.2, 0.25) is 5.76 Å². The van der Waals surface area contributed by atoms with E-state index >= 15 is 0 Å². The number of oxazole rings is 1. The summed E-state index contributed by atoms with van der Waals surface area (Å²) in [7, 11) is 0. The molecule has 3 rings (SSSR count). The summed E-state index contributed by atoms with van der Waals surface area (Å²) in [6, 6.07) is 10.6. The molecule has 22 heavy (non-hydrogen) atoms. The van der Waals surface area contributed by atoms with Crippen molar-refractivity contribution >= 4 is 5.91 Å². The first-order valence-electron chi connectivity index (χ1n) is 7.90. The molecule has 1 aliphatic heterocycles. The number of carbonyl (C=O) groups is 1. The molecule has 0 atom stereocenters. The number of hydrogen-bond acceptors (Lipinski definition) is 3. The highest BCUT2D eigenvalue weighted by Gasteiger charge is 2.27. The van der Waals surface area contributed by atoms with Gasteiger partial charge < -0.3 is 9.32 Å². The van der Waals surface area contributed by atoms with Crippen molar-refractivity contribution in [3.63, 3.8) is 0 Å². The van der Waals surface area contributed by atoms with Crippen LogP contribution in [0.1, 0.15) is 40.5 Å². The highest BCUT2D eigenvalue weighted by Crippen LogP contribution is 2.23.